The van der Waals surface area contributed by atoms with E-state index in [9.17, 15) is 10.1 Å². The normalized spacial score (nSPS) is 10.9. The number of rotatable bonds is 16. The molecule has 197 valence electrons. The zero-order valence-corrected chi connectivity index (χ0v) is 21.3. The van der Waals surface area contributed by atoms with Gasteiger partial charge in [-0.25, -0.2) is 0 Å². The van der Waals surface area contributed by atoms with E-state index in [4.69, 9.17) is 28.4 Å². The molecule has 0 spiro atoms. The number of ether oxygens (including phenoxy) is 6. The lowest BCUT2D eigenvalue weighted by atomic mass is 10.1. The predicted molar refractivity (Wildman–Crippen MR) is 138 cm³/mol. The number of methoxy groups -OCH3 is 3. The van der Waals surface area contributed by atoms with Crippen LogP contribution in [0.25, 0.3) is 0 Å². The van der Waals surface area contributed by atoms with Crippen LogP contribution in [0.15, 0.2) is 66.7 Å². The summed E-state index contributed by atoms with van der Waals surface area (Å²) in [6.07, 6.45) is 1.02. The van der Waals surface area contributed by atoms with E-state index in [1.165, 1.54) is 6.07 Å². The number of nitro groups is 1. The second-order valence-electron chi connectivity index (χ2n) is 8.05. The molecule has 0 bridgehead atoms. The van der Waals surface area contributed by atoms with Crippen LogP contribution in [-0.2, 0) is 33.8 Å². The fourth-order valence-electron chi connectivity index (χ4n) is 3.55. The maximum Gasteiger partial charge on any atom is 0.272 e. The highest BCUT2D eigenvalue weighted by Gasteiger charge is 2.15. The third kappa shape index (κ3) is 8.75. The van der Waals surface area contributed by atoms with E-state index in [1.807, 2.05) is 42.5 Å². The molecule has 0 amide bonds. The van der Waals surface area contributed by atoms with Crippen molar-refractivity contribution in [2.75, 3.05) is 41.2 Å². The molecule has 0 fully saturated rings. The molecule has 0 N–H and O–H groups in total. The van der Waals surface area contributed by atoms with Crippen molar-refractivity contribution >= 4 is 5.69 Å². The first-order valence-electron chi connectivity index (χ1n) is 11.7. The summed E-state index contributed by atoms with van der Waals surface area (Å²) in [5.74, 6) is 2.04. The van der Waals surface area contributed by atoms with Crippen LogP contribution < -0.4 is 14.2 Å². The van der Waals surface area contributed by atoms with Crippen molar-refractivity contribution in [1.29, 1.82) is 0 Å². The molecule has 0 aliphatic carbocycles. The van der Waals surface area contributed by atoms with E-state index in [0.717, 1.165) is 16.9 Å². The Balaban J connectivity index is 1.55. The minimum atomic E-state index is -0.382. The standard InChI is InChI=1S/C28H32NO8/c1-32-24-11-8-21(9-12-24)18-37-25(19-35-15-14-23-6-4-5-7-26(23)29(30)31)20-36-17-22-10-13-27(33-2)28(16-22)34-3/h4-13,16H,14-15,17-20H2,1-3H3. The van der Waals surface area contributed by atoms with Crippen LogP contribution in [-0.4, -0.2) is 46.1 Å². The van der Waals surface area contributed by atoms with Gasteiger partial charge in [0.05, 0.1) is 59.3 Å². The van der Waals surface area contributed by atoms with Gasteiger partial charge in [-0.2, -0.15) is 0 Å². The summed E-state index contributed by atoms with van der Waals surface area (Å²) in [7, 11) is 4.79. The second-order valence-corrected chi connectivity index (χ2v) is 8.05. The molecule has 0 aromatic heterocycles. The third-order valence-electron chi connectivity index (χ3n) is 5.55. The van der Waals surface area contributed by atoms with Crippen LogP contribution in [0.5, 0.6) is 17.2 Å². The van der Waals surface area contributed by atoms with E-state index in [-0.39, 0.29) is 23.8 Å². The Kier molecular flexibility index (Phi) is 11.2. The Morgan fingerprint density at radius 1 is 0.784 bits per heavy atom. The van der Waals surface area contributed by atoms with Gasteiger partial charge in [0.25, 0.3) is 5.69 Å². The van der Waals surface area contributed by atoms with E-state index in [0.29, 0.717) is 49.4 Å². The molecule has 0 heterocycles. The lowest BCUT2D eigenvalue weighted by molar-refractivity contribution is -0.385. The van der Waals surface area contributed by atoms with Gasteiger partial charge in [0, 0.05) is 18.1 Å². The summed E-state index contributed by atoms with van der Waals surface area (Å²) < 4.78 is 33.5. The minimum absolute atomic E-state index is 0.0873. The number of hydrogen-bond donors (Lipinski definition) is 0. The molecule has 0 aliphatic heterocycles. The summed E-state index contributed by atoms with van der Waals surface area (Å²) in [6, 6.07) is 19.8. The first-order valence-corrected chi connectivity index (χ1v) is 11.7. The van der Waals surface area contributed by atoms with Gasteiger partial charge in [-0.15, -0.1) is 0 Å². The van der Waals surface area contributed by atoms with Crippen LogP contribution in [0.3, 0.4) is 0 Å². The number of para-hydroxylation sites is 1. The molecule has 3 rings (SSSR count). The highest BCUT2D eigenvalue weighted by molar-refractivity contribution is 5.42. The predicted octanol–water partition coefficient (Wildman–Crippen LogP) is 5.15. The van der Waals surface area contributed by atoms with Gasteiger partial charge in [-0.1, -0.05) is 36.4 Å². The van der Waals surface area contributed by atoms with Crippen LogP contribution in [0.2, 0.25) is 0 Å². The molecule has 0 atom stereocenters. The molecule has 1 radical (unpaired) electrons. The lowest BCUT2D eigenvalue weighted by Crippen LogP contribution is -2.18. The molecular weight excluding hydrogens is 478 g/mol. The summed E-state index contributed by atoms with van der Waals surface area (Å²) in [6.45, 7) is 1.40. The zero-order chi connectivity index (χ0) is 26.5. The largest absolute Gasteiger partial charge is 0.497 e. The van der Waals surface area contributed by atoms with Crippen LogP contribution in [0.4, 0.5) is 5.69 Å². The van der Waals surface area contributed by atoms with E-state index in [1.54, 1.807) is 39.5 Å². The smallest absolute Gasteiger partial charge is 0.272 e. The first kappa shape index (κ1) is 27.9. The molecule has 9 nitrogen and oxygen atoms in total. The molecule has 9 heteroatoms. The Labute approximate surface area is 217 Å². The van der Waals surface area contributed by atoms with Gasteiger partial charge in [0.15, 0.2) is 11.5 Å². The van der Waals surface area contributed by atoms with Crippen molar-refractivity contribution in [1.82, 2.24) is 0 Å². The Morgan fingerprint density at radius 2 is 1.49 bits per heavy atom. The Hall–Kier alpha value is -3.66. The van der Waals surface area contributed by atoms with Crippen LogP contribution in [0, 0.1) is 16.2 Å². The van der Waals surface area contributed by atoms with Gasteiger partial charge < -0.3 is 28.4 Å². The number of benzene rings is 3. The first-order chi connectivity index (χ1) is 18.0. The topological polar surface area (TPSA) is 98.5 Å². The van der Waals surface area contributed by atoms with E-state index < -0.39 is 0 Å². The average Bonchev–Trinajstić information content (AvgIpc) is 2.93. The average molecular weight is 511 g/mol. The second kappa shape index (κ2) is 14.8. The van der Waals surface area contributed by atoms with Crippen molar-refractivity contribution in [2.24, 2.45) is 0 Å². The van der Waals surface area contributed by atoms with Crippen molar-refractivity contribution in [3.8, 4) is 17.2 Å². The molecule has 3 aromatic rings. The molecule has 37 heavy (non-hydrogen) atoms. The van der Waals surface area contributed by atoms with Gasteiger partial charge >= 0.3 is 0 Å². The maximum absolute atomic E-state index is 11.2. The van der Waals surface area contributed by atoms with Crippen molar-refractivity contribution in [3.63, 3.8) is 0 Å². The fraction of sp³-hybridized carbons (Fsp3) is 0.321. The van der Waals surface area contributed by atoms with Gasteiger partial charge in [0.1, 0.15) is 11.9 Å². The van der Waals surface area contributed by atoms with E-state index >= 15 is 0 Å². The molecule has 0 saturated heterocycles. The van der Waals surface area contributed by atoms with Gasteiger partial charge in [0.2, 0.25) is 0 Å². The van der Waals surface area contributed by atoms with Gasteiger partial charge in [-0.3, -0.25) is 10.1 Å². The Bertz CT molecular complexity index is 1120. The van der Waals surface area contributed by atoms with Crippen LogP contribution in [0.1, 0.15) is 16.7 Å². The summed E-state index contributed by atoms with van der Waals surface area (Å²) in [4.78, 5) is 10.9. The van der Waals surface area contributed by atoms with Crippen LogP contribution >= 0.6 is 0 Å². The third-order valence-corrected chi connectivity index (χ3v) is 5.55. The number of nitrogens with zero attached hydrogens (tertiary/aromatic N) is 1. The molecule has 0 unspecified atom stereocenters. The van der Waals surface area contributed by atoms with Gasteiger partial charge in [-0.05, 0) is 35.4 Å². The minimum Gasteiger partial charge on any atom is -0.497 e. The highest BCUT2D eigenvalue weighted by atomic mass is 16.6. The molecular formula is C28H32NO8. The molecule has 0 saturated carbocycles. The van der Waals surface area contributed by atoms with Crippen molar-refractivity contribution in [3.05, 3.63) is 99.6 Å². The van der Waals surface area contributed by atoms with Crippen molar-refractivity contribution in [2.45, 2.75) is 19.6 Å². The quantitative estimate of drug-likeness (QED) is 0.148. The van der Waals surface area contributed by atoms with E-state index in [2.05, 4.69) is 0 Å². The summed E-state index contributed by atoms with van der Waals surface area (Å²) in [5.41, 5.74) is 2.60. The Morgan fingerprint density at radius 3 is 2.19 bits per heavy atom. The summed E-state index contributed by atoms with van der Waals surface area (Å²) in [5, 5.41) is 11.2. The maximum atomic E-state index is 11.2. The summed E-state index contributed by atoms with van der Waals surface area (Å²) >= 11 is 0. The SMILES string of the molecule is COc1ccc(CO[C](COCCc2ccccc2[N+](=O)[O-])COCc2ccc(OC)c(OC)c2)cc1. The monoisotopic (exact) mass is 510 g/mol. The van der Waals surface area contributed by atoms with Crippen molar-refractivity contribution < 1.29 is 33.3 Å². The molecule has 0 aliphatic rings. The zero-order valence-electron chi connectivity index (χ0n) is 21.3. The highest BCUT2D eigenvalue weighted by Crippen LogP contribution is 2.28. The number of hydrogen-bond acceptors (Lipinski definition) is 8. The lowest BCUT2D eigenvalue weighted by Gasteiger charge is -2.18. The number of nitro benzene ring substituents is 1. The molecule has 3 aromatic carbocycles. The fourth-order valence-corrected chi connectivity index (χ4v) is 3.55.